The van der Waals surface area contributed by atoms with E-state index < -0.39 is 0 Å². The summed E-state index contributed by atoms with van der Waals surface area (Å²) in [6, 6.07) is 22.6. The highest BCUT2D eigenvalue weighted by Crippen LogP contribution is 2.25. The van der Waals surface area contributed by atoms with Crippen LogP contribution in [0.25, 0.3) is 0 Å². The molecule has 0 aliphatic rings. The third-order valence-corrected chi connectivity index (χ3v) is 4.83. The minimum atomic E-state index is 0.291. The average Bonchev–Trinajstić information content (AvgIpc) is 2.76. The van der Waals surface area contributed by atoms with Crippen LogP contribution in [0.3, 0.4) is 0 Å². The maximum absolute atomic E-state index is 6.04. The molecule has 1 aromatic heterocycles. The van der Waals surface area contributed by atoms with E-state index in [-0.39, 0.29) is 0 Å². The Morgan fingerprint density at radius 1 is 1.00 bits per heavy atom. The zero-order valence-electron chi connectivity index (χ0n) is 17.3. The van der Waals surface area contributed by atoms with Gasteiger partial charge in [-0.05, 0) is 50.0 Å². The maximum atomic E-state index is 6.04. The van der Waals surface area contributed by atoms with Crippen LogP contribution in [0.1, 0.15) is 22.9 Å². The first-order chi connectivity index (χ1) is 14.2. The van der Waals surface area contributed by atoms with Crippen LogP contribution in [-0.2, 0) is 13.2 Å². The molecule has 5 heteroatoms. The van der Waals surface area contributed by atoms with Crippen molar-refractivity contribution in [3.63, 3.8) is 0 Å². The average molecular weight is 392 g/mol. The number of hydrogen-bond acceptors (Lipinski definition) is 5. The summed E-state index contributed by atoms with van der Waals surface area (Å²) in [5.74, 6) is 1.66. The summed E-state index contributed by atoms with van der Waals surface area (Å²) < 4.78 is 11.4. The van der Waals surface area contributed by atoms with Crippen LogP contribution in [0, 0.1) is 0 Å². The van der Waals surface area contributed by atoms with Gasteiger partial charge in [-0.2, -0.15) is 0 Å². The standard InChI is InChI=1S/C24H29N3O2/c1-27(2)23(19-9-5-4-6-10-19)17-25-16-20-15-22(28-3)12-13-24(20)29-18-21-11-7-8-14-26-21/h4-15,23,25H,16-18H2,1-3H3. The Hall–Kier alpha value is -2.89. The van der Waals surface area contributed by atoms with Gasteiger partial charge in [0.05, 0.1) is 12.8 Å². The van der Waals surface area contributed by atoms with Gasteiger partial charge in [-0.3, -0.25) is 4.98 Å². The molecule has 3 rings (SSSR count). The number of aromatic nitrogens is 1. The first-order valence-corrected chi connectivity index (χ1v) is 9.79. The van der Waals surface area contributed by atoms with E-state index >= 15 is 0 Å². The molecule has 0 fully saturated rings. The molecule has 2 aromatic carbocycles. The van der Waals surface area contributed by atoms with Gasteiger partial charge in [-0.1, -0.05) is 36.4 Å². The van der Waals surface area contributed by atoms with Gasteiger partial charge >= 0.3 is 0 Å². The van der Waals surface area contributed by atoms with Crippen molar-refractivity contribution >= 4 is 0 Å². The lowest BCUT2D eigenvalue weighted by Gasteiger charge is -2.25. The fourth-order valence-corrected chi connectivity index (χ4v) is 3.21. The number of likely N-dealkylation sites (N-methyl/N-ethyl adjacent to an activating group) is 1. The highest BCUT2D eigenvalue weighted by Gasteiger charge is 2.14. The number of rotatable bonds is 10. The molecule has 1 heterocycles. The van der Waals surface area contributed by atoms with Crippen molar-refractivity contribution in [2.45, 2.75) is 19.2 Å². The highest BCUT2D eigenvalue weighted by molar-refractivity contribution is 5.40. The molecule has 0 aliphatic carbocycles. The van der Waals surface area contributed by atoms with Crippen molar-refractivity contribution in [2.24, 2.45) is 0 Å². The van der Waals surface area contributed by atoms with Gasteiger partial charge in [0, 0.05) is 30.9 Å². The second-order valence-electron chi connectivity index (χ2n) is 7.10. The van der Waals surface area contributed by atoms with Crippen molar-refractivity contribution in [1.82, 2.24) is 15.2 Å². The highest BCUT2D eigenvalue weighted by atomic mass is 16.5. The maximum Gasteiger partial charge on any atom is 0.130 e. The number of nitrogens with zero attached hydrogens (tertiary/aromatic N) is 2. The fraction of sp³-hybridized carbons (Fsp3) is 0.292. The molecule has 0 bridgehead atoms. The number of benzene rings is 2. The predicted molar refractivity (Wildman–Crippen MR) is 116 cm³/mol. The molecular weight excluding hydrogens is 362 g/mol. The SMILES string of the molecule is COc1ccc(OCc2ccccn2)c(CNCC(c2ccccc2)N(C)C)c1. The lowest BCUT2D eigenvalue weighted by molar-refractivity contribution is 0.283. The molecule has 152 valence electrons. The minimum Gasteiger partial charge on any atom is -0.497 e. The molecule has 0 amide bonds. The third kappa shape index (κ3) is 6.04. The van der Waals surface area contributed by atoms with Crippen molar-refractivity contribution in [1.29, 1.82) is 0 Å². The summed E-state index contributed by atoms with van der Waals surface area (Å²) in [6.45, 7) is 1.95. The molecule has 0 aliphatic heterocycles. The van der Waals surface area contributed by atoms with Crippen LogP contribution >= 0.6 is 0 Å². The summed E-state index contributed by atoms with van der Waals surface area (Å²) >= 11 is 0. The summed E-state index contributed by atoms with van der Waals surface area (Å²) in [5.41, 5.74) is 3.26. The van der Waals surface area contributed by atoms with Gasteiger partial charge in [0.25, 0.3) is 0 Å². The fourth-order valence-electron chi connectivity index (χ4n) is 3.21. The van der Waals surface area contributed by atoms with Crippen LogP contribution in [0.4, 0.5) is 0 Å². The first kappa shape index (κ1) is 20.8. The molecule has 0 spiro atoms. The quantitative estimate of drug-likeness (QED) is 0.565. The van der Waals surface area contributed by atoms with Crippen LogP contribution in [0.5, 0.6) is 11.5 Å². The molecule has 0 saturated heterocycles. The Morgan fingerprint density at radius 2 is 1.79 bits per heavy atom. The normalized spacial score (nSPS) is 12.0. The van der Waals surface area contributed by atoms with Crippen LogP contribution in [0.15, 0.2) is 72.9 Å². The zero-order valence-corrected chi connectivity index (χ0v) is 17.3. The number of methoxy groups -OCH3 is 1. The lowest BCUT2D eigenvalue weighted by Crippen LogP contribution is -2.30. The largest absolute Gasteiger partial charge is 0.497 e. The van der Waals surface area contributed by atoms with Crippen LogP contribution in [-0.4, -0.2) is 37.6 Å². The second kappa shape index (κ2) is 10.6. The Balaban J connectivity index is 1.66. The third-order valence-electron chi connectivity index (χ3n) is 4.83. The molecule has 0 radical (unpaired) electrons. The van der Waals surface area contributed by atoms with Crippen molar-refractivity contribution in [3.8, 4) is 11.5 Å². The first-order valence-electron chi connectivity index (χ1n) is 9.79. The Kier molecular flexibility index (Phi) is 7.61. The van der Waals surface area contributed by atoms with E-state index in [4.69, 9.17) is 9.47 Å². The number of hydrogen-bond donors (Lipinski definition) is 1. The van der Waals surface area contributed by atoms with E-state index in [1.807, 2.05) is 42.5 Å². The molecule has 3 aromatic rings. The molecule has 1 N–H and O–H groups in total. The summed E-state index contributed by atoms with van der Waals surface area (Å²) in [6.07, 6.45) is 1.78. The van der Waals surface area contributed by atoms with Crippen LogP contribution in [0.2, 0.25) is 0 Å². The van der Waals surface area contributed by atoms with E-state index in [0.717, 1.165) is 29.3 Å². The molecule has 1 unspecified atom stereocenters. The molecule has 29 heavy (non-hydrogen) atoms. The Morgan fingerprint density at radius 3 is 2.48 bits per heavy atom. The van der Waals surface area contributed by atoms with Crippen LogP contribution < -0.4 is 14.8 Å². The summed E-state index contributed by atoms with van der Waals surface area (Å²) in [7, 11) is 5.89. The number of ether oxygens (including phenoxy) is 2. The molecule has 1 atom stereocenters. The van der Waals surface area contributed by atoms with Crippen molar-refractivity contribution in [3.05, 3.63) is 89.7 Å². The monoisotopic (exact) mass is 391 g/mol. The van der Waals surface area contributed by atoms with E-state index in [2.05, 4.69) is 53.6 Å². The summed E-state index contributed by atoms with van der Waals surface area (Å²) in [5, 5.41) is 3.58. The topological polar surface area (TPSA) is 46.6 Å². The van der Waals surface area contributed by atoms with Gasteiger partial charge in [0.15, 0.2) is 0 Å². The predicted octanol–water partition coefficient (Wildman–Crippen LogP) is 4.06. The Labute approximate surface area is 173 Å². The van der Waals surface area contributed by atoms with E-state index in [1.165, 1.54) is 5.56 Å². The summed E-state index contributed by atoms with van der Waals surface area (Å²) in [4.78, 5) is 6.55. The molecular formula is C24H29N3O2. The number of pyridine rings is 1. The smallest absolute Gasteiger partial charge is 0.130 e. The lowest BCUT2D eigenvalue weighted by atomic mass is 10.1. The van der Waals surface area contributed by atoms with Gasteiger partial charge in [-0.15, -0.1) is 0 Å². The second-order valence-corrected chi connectivity index (χ2v) is 7.10. The van der Waals surface area contributed by atoms with E-state index in [9.17, 15) is 0 Å². The van der Waals surface area contributed by atoms with Gasteiger partial charge in [0.1, 0.15) is 18.1 Å². The Bertz CT molecular complexity index is 870. The van der Waals surface area contributed by atoms with Crippen molar-refractivity contribution < 1.29 is 9.47 Å². The van der Waals surface area contributed by atoms with E-state index in [0.29, 0.717) is 19.2 Å². The van der Waals surface area contributed by atoms with Crippen molar-refractivity contribution in [2.75, 3.05) is 27.7 Å². The molecule has 5 nitrogen and oxygen atoms in total. The van der Waals surface area contributed by atoms with E-state index in [1.54, 1.807) is 13.3 Å². The van der Waals surface area contributed by atoms with Gasteiger partial charge in [0.2, 0.25) is 0 Å². The zero-order chi connectivity index (χ0) is 20.5. The molecule has 0 saturated carbocycles. The minimum absolute atomic E-state index is 0.291. The van der Waals surface area contributed by atoms with Gasteiger partial charge in [-0.25, -0.2) is 0 Å². The van der Waals surface area contributed by atoms with Gasteiger partial charge < -0.3 is 19.7 Å². The number of nitrogens with one attached hydrogen (secondary N) is 1.